The lowest BCUT2D eigenvalue weighted by Gasteiger charge is -2.42. The van der Waals surface area contributed by atoms with E-state index in [4.69, 9.17) is 4.74 Å². The minimum Gasteiger partial charge on any atom is -0.444 e. The van der Waals surface area contributed by atoms with Crippen molar-refractivity contribution in [3.8, 4) is 0 Å². The van der Waals surface area contributed by atoms with Crippen LogP contribution in [0.3, 0.4) is 0 Å². The van der Waals surface area contributed by atoms with Gasteiger partial charge in [0.25, 0.3) is 0 Å². The average Bonchev–Trinajstić information content (AvgIpc) is 2.96. The van der Waals surface area contributed by atoms with Gasteiger partial charge in [-0.15, -0.1) is 0 Å². The molecule has 24 heavy (non-hydrogen) atoms. The summed E-state index contributed by atoms with van der Waals surface area (Å²) in [4.78, 5) is 24.4. The Morgan fingerprint density at radius 2 is 2.21 bits per heavy atom. The van der Waals surface area contributed by atoms with Gasteiger partial charge >= 0.3 is 6.09 Å². The van der Waals surface area contributed by atoms with Crippen molar-refractivity contribution in [2.24, 2.45) is 0 Å². The van der Waals surface area contributed by atoms with Gasteiger partial charge in [0, 0.05) is 32.0 Å². The summed E-state index contributed by atoms with van der Waals surface area (Å²) in [7, 11) is 0. The lowest BCUT2D eigenvalue weighted by atomic mass is 10.1. The fourth-order valence-corrected chi connectivity index (χ4v) is 3.17. The number of aromatic nitrogens is 2. The summed E-state index contributed by atoms with van der Waals surface area (Å²) in [5.41, 5.74) is 2.66. The molecule has 6 nitrogen and oxygen atoms in total. The maximum absolute atomic E-state index is 12.5. The molecule has 0 saturated carbocycles. The van der Waals surface area contributed by atoms with Crippen LogP contribution >= 0.6 is 0 Å². The van der Waals surface area contributed by atoms with Crippen LogP contribution in [-0.2, 0) is 4.74 Å². The largest absolute Gasteiger partial charge is 0.444 e. The van der Waals surface area contributed by atoms with Crippen molar-refractivity contribution in [2.45, 2.75) is 45.8 Å². The number of nitrogens with one attached hydrogen (secondary N) is 1. The number of H-pyrrole nitrogens is 1. The van der Waals surface area contributed by atoms with E-state index in [1.807, 2.05) is 50.2 Å². The number of hydrogen-bond acceptors (Lipinski definition) is 4. The molecule has 1 saturated heterocycles. The van der Waals surface area contributed by atoms with E-state index >= 15 is 0 Å². The molecule has 0 aliphatic carbocycles. The number of fused-ring (bicyclic) bond motifs is 1. The maximum Gasteiger partial charge on any atom is 0.410 e. The van der Waals surface area contributed by atoms with Gasteiger partial charge in [-0.2, -0.15) is 0 Å². The van der Waals surface area contributed by atoms with Crippen LogP contribution in [0.2, 0.25) is 0 Å². The number of piperazine rings is 1. The normalized spacial score (nSPS) is 18.9. The predicted octanol–water partition coefficient (Wildman–Crippen LogP) is 3.40. The molecular weight excluding hydrogens is 304 g/mol. The van der Waals surface area contributed by atoms with Crippen LogP contribution in [0.4, 0.5) is 10.5 Å². The van der Waals surface area contributed by atoms with Gasteiger partial charge in [-0.05, 0) is 39.3 Å². The topological polar surface area (TPSA) is 61.5 Å². The van der Waals surface area contributed by atoms with Crippen molar-refractivity contribution in [1.82, 2.24) is 14.9 Å². The van der Waals surface area contributed by atoms with Crippen molar-refractivity contribution >= 4 is 22.8 Å². The fraction of sp³-hybridized carbons (Fsp3) is 0.556. The first kappa shape index (κ1) is 16.6. The first-order chi connectivity index (χ1) is 11.4. The fourth-order valence-electron chi connectivity index (χ4n) is 3.17. The van der Waals surface area contributed by atoms with Gasteiger partial charge in [-0.3, -0.25) is 4.98 Å². The predicted molar refractivity (Wildman–Crippen MR) is 95.3 cm³/mol. The van der Waals surface area contributed by atoms with E-state index in [1.54, 1.807) is 0 Å². The van der Waals surface area contributed by atoms with E-state index in [0.29, 0.717) is 6.54 Å². The zero-order chi connectivity index (χ0) is 17.3. The first-order valence-electron chi connectivity index (χ1n) is 8.55. The molecule has 0 aromatic carbocycles. The summed E-state index contributed by atoms with van der Waals surface area (Å²) in [6.45, 7) is 10.0. The molecule has 2 aromatic heterocycles. The van der Waals surface area contributed by atoms with E-state index in [2.05, 4.69) is 21.8 Å². The monoisotopic (exact) mass is 330 g/mol. The highest BCUT2D eigenvalue weighted by molar-refractivity contribution is 5.89. The summed E-state index contributed by atoms with van der Waals surface area (Å²) in [6.07, 6.45) is 4.50. The Balaban J connectivity index is 1.76. The quantitative estimate of drug-likeness (QED) is 0.917. The van der Waals surface area contributed by atoms with Crippen LogP contribution in [-0.4, -0.2) is 52.2 Å². The third-order valence-corrected chi connectivity index (χ3v) is 4.34. The van der Waals surface area contributed by atoms with Crippen LogP contribution in [0.25, 0.3) is 11.0 Å². The third kappa shape index (κ3) is 3.32. The maximum atomic E-state index is 12.5. The molecule has 1 fully saturated rings. The van der Waals surface area contributed by atoms with Crippen molar-refractivity contribution in [3.05, 3.63) is 24.5 Å². The Morgan fingerprint density at radius 3 is 2.92 bits per heavy atom. The Labute approximate surface area is 142 Å². The molecule has 1 amide bonds. The number of rotatable bonds is 2. The van der Waals surface area contributed by atoms with Crippen LogP contribution in [0, 0.1) is 0 Å². The van der Waals surface area contributed by atoms with Gasteiger partial charge in [-0.1, -0.05) is 6.92 Å². The molecule has 1 aliphatic heterocycles. The highest BCUT2D eigenvalue weighted by Gasteiger charge is 2.33. The molecule has 1 N–H and O–H groups in total. The second-order valence-electron chi connectivity index (χ2n) is 7.26. The second kappa shape index (κ2) is 6.34. The Morgan fingerprint density at radius 1 is 1.42 bits per heavy atom. The molecule has 6 heteroatoms. The molecule has 0 bridgehead atoms. The summed E-state index contributed by atoms with van der Waals surface area (Å²) in [5, 5.41) is 0. The number of carbonyl (C=O) groups is 1. The Kier molecular flexibility index (Phi) is 4.39. The lowest BCUT2D eigenvalue weighted by Crippen LogP contribution is -2.56. The summed E-state index contributed by atoms with van der Waals surface area (Å²) < 4.78 is 5.56. The lowest BCUT2D eigenvalue weighted by molar-refractivity contribution is 0.0137. The molecular formula is C18H26N4O2. The van der Waals surface area contributed by atoms with Gasteiger partial charge in [0.05, 0.1) is 17.2 Å². The van der Waals surface area contributed by atoms with Crippen LogP contribution in [0.15, 0.2) is 24.5 Å². The molecule has 0 radical (unpaired) electrons. The third-order valence-electron chi connectivity index (χ3n) is 4.34. The van der Waals surface area contributed by atoms with E-state index < -0.39 is 5.60 Å². The van der Waals surface area contributed by atoms with Crippen molar-refractivity contribution in [2.75, 3.05) is 24.5 Å². The van der Waals surface area contributed by atoms with Crippen LogP contribution in [0.1, 0.15) is 34.1 Å². The van der Waals surface area contributed by atoms with Crippen LogP contribution in [0.5, 0.6) is 0 Å². The van der Waals surface area contributed by atoms with Gasteiger partial charge in [0.2, 0.25) is 0 Å². The van der Waals surface area contributed by atoms with E-state index in [0.717, 1.165) is 36.2 Å². The number of nitrogens with zero attached hydrogens (tertiary/aromatic N) is 3. The van der Waals surface area contributed by atoms with Crippen molar-refractivity contribution < 1.29 is 9.53 Å². The van der Waals surface area contributed by atoms with E-state index in [9.17, 15) is 4.79 Å². The number of hydrogen-bond donors (Lipinski definition) is 1. The zero-order valence-corrected chi connectivity index (χ0v) is 14.9. The second-order valence-corrected chi connectivity index (χ2v) is 7.26. The molecule has 2 aromatic rings. The summed E-state index contributed by atoms with van der Waals surface area (Å²) in [6, 6.07) is 4.10. The van der Waals surface area contributed by atoms with Crippen molar-refractivity contribution in [1.29, 1.82) is 0 Å². The minimum atomic E-state index is -0.465. The van der Waals surface area contributed by atoms with Crippen LogP contribution < -0.4 is 4.90 Å². The van der Waals surface area contributed by atoms with Crippen molar-refractivity contribution in [3.63, 3.8) is 0 Å². The first-order valence-corrected chi connectivity index (χ1v) is 8.55. The molecule has 0 unspecified atom stereocenters. The number of carbonyl (C=O) groups excluding carboxylic acids is 1. The Bertz CT molecular complexity index is 719. The molecule has 3 rings (SSSR count). The molecule has 3 heterocycles. The number of anilines is 1. The molecule has 1 aliphatic rings. The van der Waals surface area contributed by atoms with Gasteiger partial charge in [-0.25, -0.2) is 4.79 Å². The standard InChI is InChI=1S/C18H26N4O2/c1-5-13-12-21(9-10-22(13)17(23)24-18(2,3)4)15-11-20-14-7-6-8-19-16(14)15/h6-8,11,13,20H,5,9-10,12H2,1-4H3/t13-/m0/s1. The van der Waals surface area contributed by atoms with E-state index in [1.165, 1.54) is 0 Å². The zero-order valence-electron chi connectivity index (χ0n) is 14.9. The number of aromatic amines is 1. The highest BCUT2D eigenvalue weighted by atomic mass is 16.6. The molecule has 0 spiro atoms. The van der Waals surface area contributed by atoms with Gasteiger partial charge in [0.15, 0.2) is 0 Å². The molecule has 1 atom stereocenters. The summed E-state index contributed by atoms with van der Waals surface area (Å²) >= 11 is 0. The number of pyridine rings is 1. The Hall–Kier alpha value is -2.24. The highest BCUT2D eigenvalue weighted by Crippen LogP contribution is 2.28. The minimum absolute atomic E-state index is 0.141. The molecule has 130 valence electrons. The van der Waals surface area contributed by atoms with E-state index in [-0.39, 0.29) is 12.1 Å². The smallest absolute Gasteiger partial charge is 0.410 e. The number of amides is 1. The van der Waals surface area contributed by atoms with Gasteiger partial charge < -0.3 is 19.5 Å². The van der Waals surface area contributed by atoms with Gasteiger partial charge in [0.1, 0.15) is 11.1 Å². The average molecular weight is 330 g/mol. The number of ether oxygens (including phenoxy) is 1. The SMILES string of the molecule is CC[C@H]1CN(c2c[nH]c3cccnc23)CCN1C(=O)OC(C)(C)C. The summed E-state index contributed by atoms with van der Waals surface area (Å²) in [5.74, 6) is 0.